The summed E-state index contributed by atoms with van der Waals surface area (Å²) in [6.07, 6.45) is 4.59. The Hall–Kier alpha value is -1.06. The molecule has 2 N–H and O–H groups in total. The van der Waals surface area contributed by atoms with Gasteiger partial charge in [-0.25, -0.2) is 0 Å². The summed E-state index contributed by atoms with van der Waals surface area (Å²) < 4.78 is 0. The Kier molecular flexibility index (Phi) is 2.88. The molecular formula is C15H23NO3. The van der Waals surface area contributed by atoms with Crippen LogP contribution in [0.1, 0.15) is 46.0 Å². The van der Waals surface area contributed by atoms with Crippen LogP contribution in [0.5, 0.6) is 0 Å². The standard InChI is InChI=1S/C15H23NO3/c1-3-15(2,7-10(17)18)16-14(19)13-11-8-4-5-9(6-8)12(11)13/h8-9,11-13H,3-7H2,1-2H3,(H,16,19)(H,17,18). The second-order valence-electron chi connectivity index (χ2n) is 6.99. The van der Waals surface area contributed by atoms with Gasteiger partial charge in [0.15, 0.2) is 0 Å². The van der Waals surface area contributed by atoms with Gasteiger partial charge in [-0.2, -0.15) is 0 Å². The number of nitrogens with one attached hydrogen (secondary N) is 1. The Bertz CT molecular complexity index is 406. The summed E-state index contributed by atoms with van der Waals surface area (Å²) in [5, 5.41) is 12.0. The van der Waals surface area contributed by atoms with Crippen LogP contribution in [0, 0.1) is 29.6 Å². The van der Waals surface area contributed by atoms with Crippen molar-refractivity contribution in [3.8, 4) is 0 Å². The van der Waals surface area contributed by atoms with Crippen molar-refractivity contribution in [3.05, 3.63) is 0 Å². The minimum Gasteiger partial charge on any atom is -0.481 e. The van der Waals surface area contributed by atoms with Gasteiger partial charge in [-0.1, -0.05) is 6.92 Å². The maximum absolute atomic E-state index is 12.4. The molecule has 3 rings (SSSR count). The van der Waals surface area contributed by atoms with Gasteiger partial charge in [0.2, 0.25) is 5.91 Å². The van der Waals surface area contributed by atoms with Crippen LogP contribution in [0.25, 0.3) is 0 Å². The molecule has 3 aliphatic carbocycles. The number of carboxylic acid groups (broad SMARTS) is 1. The third-order valence-electron chi connectivity index (χ3n) is 5.78. The van der Waals surface area contributed by atoms with Gasteiger partial charge in [-0.3, -0.25) is 9.59 Å². The zero-order valence-corrected chi connectivity index (χ0v) is 11.7. The molecule has 3 fully saturated rings. The molecule has 4 nitrogen and oxygen atoms in total. The summed E-state index contributed by atoms with van der Waals surface area (Å²) in [7, 11) is 0. The minimum absolute atomic E-state index is 0.00412. The van der Waals surface area contributed by atoms with E-state index >= 15 is 0 Å². The van der Waals surface area contributed by atoms with Gasteiger partial charge < -0.3 is 10.4 Å². The van der Waals surface area contributed by atoms with Crippen molar-refractivity contribution in [2.45, 2.75) is 51.5 Å². The quantitative estimate of drug-likeness (QED) is 0.799. The Balaban J connectivity index is 1.62. The van der Waals surface area contributed by atoms with Gasteiger partial charge in [-0.05, 0) is 56.3 Å². The highest BCUT2D eigenvalue weighted by atomic mass is 16.4. The van der Waals surface area contributed by atoms with E-state index in [4.69, 9.17) is 5.11 Å². The number of carboxylic acids is 1. The molecule has 0 spiro atoms. The summed E-state index contributed by atoms with van der Waals surface area (Å²) in [6, 6.07) is 0. The van der Waals surface area contributed by atoms with Crippen LogP contribution >= 0.6 is 0 Å². The molecule has 3 saturated carbocycles. The Morgan fingerprint density at radius 2 is 1.84 bits per heavy atom. The maximum atomic E-state index is 12.4. The van der Waals surface area contributed by atoms with Gasteiger partial charge in [0.1, 0.15) is 0 Å². The van der Waals surface area contributed by atoms with Crippen molar-refractivity contribution in [1.29, 1.82) is 0 Å². The smallest absolute Gasteiger partial charge is 0.305 e. The number of carbonyl (C=O) groups excluding carboxylic acids is 1. The number of fused-ring (bicyclic) bond motifs is 5. The lowest BCUT2D eigenvalue weighted by Gasteiger charge is -2.28. The van der Waals surface area contributed by atoms with Crippen LogP contribution in [0.2, 0.25) is 0 Å². The van der Waals surface area contributed by atoms with Crippen LogP contribution in [-0.4, -0.2) is 22.5 Å². The van der Waals surface area contributed by atoms with Crippen LogP contribution < -0.4 is 5.32 Å². The topological polar surface area (TPSA) is 66.4 Å². The Morgan fingerprint density at radius 1 is 1.26 bits per heavy atom. The molecule has 106 valence electrons. The fourth-order valence-corrected chi connectivity index (χ4v) is 4.65. The molecule has 0 aliphatic heterocycles. The van der Waals surface area contributed by atoms with Gasteiger partial charge in [0.05, 0.1) is 6.42 Å². The minimum atomic E-state index is -0.847. The van der Waals surface area contributed by atoms with E-state index in [0.717, 1.165) is 11.8 Å². The molecule has 0 heterocycles. The van der Waals surface area contributed by atoms with E-state index in [1.807, 2.05) is 13.8 Å². The first kappa shape index (κ1) is 12.9. The first-order valence-corrected chi connectivity index (χ1v) is 7.49. The van der Waals surface area contributed by atoms with Gasteiger partial charge in [0, 0.05) is 11.5 Å². The molecule has 0 saturated heterocycles. The fourth-order valence-electron chi connectivity index (χ4n) is 4.65. The molecular weight excluding hydrogens is 242 g/mol. The molecule has 4 heteroatoms. The zero-order chi connectivity index (χ0) is 13.8. The lowest BCUT2D eigenvalue weighted by Crippen LogP contribution is -2.48. The van der Waals surface area contributed by atoms with Crippen LogP contribution in [0.15, 0.2) is 0 Å². The summed E-state index contributed by atoms with van der Waals surface area (Å²) >= 11 is 0. The molecule has 0 aromatic carbocycles. The van der Waals surface area contributed by atoms with E-state index in [2.05, 4.69) is 5.32 Å². The van der Waals surface area contributed by atoms with Crippen LogP contribution in [0.3, 0.4) is 0 Å². The van der Waals surface area contributed by atoms with Crippen molar-refractivity contribution in [1.82, 2.24) is 5.32 Å². The van der Waals surface area contributed by atoms with E-state index < -0.39 is 11.5 Å². The van der Waals surface area contributed by atoms with E-state index in [1.165, 1.54) is 19.3 Å². The van der Waals surface area contributed by atoms with Crippen molar-refractivity contribution >= 4 is 11.9 Å². The first-order chi connectivity index (χ1) is 8.95. The van der Waals surface area contributed by atoms with Crippen molar-refractivity contribution in [2.24, 2.45) is 29.6 Å². The third kappa shape index (κ3) is 2.05. The fraction of sp³-hybridized carbons (Fsp3) is 0.867. The normalized spacial score (nSPS) is 41.5. The number of rotatable bonds is 5. The molecule has 2 bridgehead atoms. The van der Waals surface area contributed by atoms with E-state index in [-0.39, 0.29) is 18.2 Å². The molecule has 0 radical (unpaired) electrons. The van der Waals surface area contributed by atoms with Gasteiger partial charge in [-0.15, -0.1) is 0 Å². The van der Waals surface area contributed by atoms with Crippen LogP contribution in [-0.2, 0) is 9.59 Å². The molecule has 5 atom stereocenters. The van der Waals surface area contributed by atoms with Crippen molar-refractivity contribution in [2.75, 3.05) is 0 Å². The Labute approximate surface area is 113 Å². The van der Waals surface area contributed by atoms with E-state index in [9.17, 15) is 9.59 Å². The summed E-state index contributed by atoms with van der Waals surface area (Å²) in [4.78, 5) is 23.3. The molecule has 5 unspecified atom stereocenters. The molecule has 3 aliphatic rings. The maximum Gasteiger partial charge on any atom is 0.305 e. The van der Waals surface area contributed by atoms with Gasteiger partial charge >= 0.3 is 5.97 Å². The summed E-state index contributed by atoms with van der Waals surface area (Å²) in [6.45, 7) is 3.77. The van der Waals surface area contributed by atoms with Gasteiger partial charge in [0.25, 0.3) is 0 Å². The molecule has 1 amide bonds. The summed E-state index contributed by atoms with van der Waals surface area (Å²) in [5.41, 5.74) is -0.598. The van der Waals surface area contributed by atoms with Crippen LogP contribution in [0.4, 0.5) is 0 Å². The number of carbonyl (C=O) groups is 2. The third-order valence-corrected chi connectivity index (χ3v) is 5.78. The number of amides is 1. The lowest BCUT2D eigenvalue weighted by molar-refractivity contribution is -0.139. The largest absolute Gasteiger partial charge is 0.481 e. The first-order valence-electron chi connectivity index (χ1n) is 7.49. The molecule has 0 aromatic rings. The lowest BCUT2D eigenvalue weighted by atomic mass is 9.93. The number of hydrogen-bond donors (Lipinski definition) is 2. The van der Waals surface area contributed by atoms with E-state index in [0.29, 0.717) is 18.3 Å². The predicted molar refractivity (Wildman–Crippen MR) is 70.4 cm³/mol. The average Bonchev–Trinajstić information content (AvgIpc) is 2.78. The van der Waals surface area contributed by atoms with Crippen molar-refractivity contribution < 1.29 is 14.7 Å². The monoisotopic (exact) mass is 265 g/mol. The second-order valence-corrected chi connectivity index (χ2v) is 6.99. The SMILES string of the molecule is CCC(C)(CC(=O)O)NC(=O)C1C2C3CCC(C3)C12. The number of aliphatic carboxylic acids is 1. The second kappa shape index (κ2) is 4.22. The highest BCUT2D eigenvalue weighted by molar-refractivity contribution is 5.84. The molecule has 19 heavy (non-hydrogen) atoms. The van der Waals surface area contributed by atoms with E-state index in [1.54, 1.807) is 0 Å². The number of hydrogen-bond acceptors (Lipinski definition) is 2. The Morgan fingerprint density at radius 3 is 2.32 bits per heavy atom. The summed E-state index contributed by atoms with van der Waals surface area (Å²) in [5.74, 6) is 2.23. The zero-order valence-electron chi connectivity index (χ0n) is 11.7. The predicted octanol–water partition coefficient (Wildman–Crippen LogP) is 2.04. The highest BCUT2D eigenvalue weighted by Crippen LogP contribution is 2.69. The molecule has 0 aromatic heterocycles. The average molecular weight is 265 g/mol. The highest BCUT2D eigenvalue weighted by Gasteiger charge is 2.67. The van der Waals surface area contributed by atoms with Crippen molar-refractivity contribution in [3.63, 3.8) is 0 Å².